The highest BCUT2D eigenvalue weighted by molar-refractivity contribution is 5.44. The van der Waals surface area contributed by atoms with Gasteiger partial charge in [0.2, 0.25) is 5.43 Å². The van der Waals surface area contributed by atoms with Crippen LogP contribution in [0.15, 0.2) is 41.3 Å². The number of hydrogen-bond donors (Lipinski definition) is 1. The number of pyridine rings is 1. The molecule has 1 aromatic carbocycles. The molecular weight excluding hydrogens is 257 g/mol. The molecule has 0 saturated heterocycles. The first-order valence-electron chi connectivity index (χ1n) is 5.45. The van der Waals surface area contributed by atoms with Crippen LogP contribution in [0.25, 0.3) is 5.69 Å². The maximum absolute atomic E-state index is 12.6. The fraction of sp³-hybridized carbons (Fsp3) is 0.154. The van der Waals surface area contributed by atoms with Crippen LogP contribution in [0.4, 0.5) is 18.9 Å². The van der Waals surface area contributed by atoms with Crippen LogP contribution in [0.2, 0.25) is 0 Å². The molecule has 0 fully saturated rings. The van der Waals surface area contributed by atoms with E-state index in [-0.39, 0.29) is 11.1 Å². The molecule has 0 radical (unpaired) electrons. The van der Waals surface area contributed by atoms with Gasteiger partial charge in [-0.15, -0.1) is 0 Å². The highest BCUT2D eigenvalue weighted by atomic mass is 19.4. The highest BCUT2D eigenvalue weighted by Crippen LogP contribution is 2.30. The number of nitrogens with two attached hydrogens (primary N) is 1. The van der Waals surface area contributed by atoms with E-state index in [1.807, 2.05) is 0 Å². The van der Waals surface area contributed by atoms with Crippen molar-refractivity contribution >= 4 is 5.69 Å². The molecule has 0 aliphatic carbocycles. The molecule has 0 amide bonds. The number of nitrogen functional groups attached to an aromatic ring is 1. The number of rotatable bonds is 1. The first kappa shape index (κ1) is 13.2. The number of aryl methyl sites for hydroxylation is 1. The molecule has 19 heavy (non-hydrogen) atoms. The molecule has 1 heterocycles. The van der Waals surface area contributed by atoms with E-state index in [4.69, 9.17) is 5.73 Å². The largest absolute Gasteiger partial charge is 0.416 e. The Morgan fingerprint density at radius 1 is 1.21 bits per heavy atom. The quantitative estimate of drug-likeness (QED) is 0.864. The van der Waals surface area contributed by atoms with E-state index in [1.165, 1.54) is 29.0 Å². The molecule has 3 nitrogen and oxygen atoms in total. The van der Waals surface area contributed by atoms with Crippen LogP contribution in [0.5, 0.6) is 0 Å². The fourth-order valence-electron chi connectivity index (χ4n) is 1.76. The van der Waals surface area contributed by atoms with Crippen LogP contribution in [0, 0.1) is 6.92 Å². The summed E-state index contributed by atoms with van der Waals surface area (Å²) in [6.07, 6.45) is -3.08. The topological polar surface area (TPSA) is 48.0 Å². The van der Waals surface area contributed by atoms with Crippen molar-refractivity contribution < 1.29 is 13.2 Å². The Morgan fingerprint density at radius 3 is 2.53 bits per heavy atom. The number of aromatic nitrogens is 1. The average Bonchev–Trinajstić information content (AvgIpc) is 2.33. The Labute approximate surface area is 107 Å². The molecule has 2 aromatic rings. The van der Waals surface area contributed by atoms with Gasteiger partial charge in [0.25, 0.3) is 0 Å². The summed E-state index contributed by atoms with van der Waals surface area (Å²) in [6, 6.07) is 6.12. The predicted molar refractivity (Wildman–Crippen MR) is 66.2 cm³/mol. The van der Waals surface area contributed by atoms with Crippen molar-refractivity contribution in [1.29, 1.82) is 0 Å². The fourth-order valence-corrected chi connectivity index (χ4v) is 1.76. The molecule has 0 spiro atoms. The summed E-state index contributed by atoms with van der Waals surface area (Å²) < 4.78 is 39.4. The summed E-state index contributed by atoms with van der Waals surface area (Å²) in [7, 11) is 0. The summed E-state index contributed by atoms with van der Waals surface area (Å²) >= 11 is 0. The Balaban J connectivity index is 2.60. The second-order valence-corrected chi connectivity index (χ2v) is 4.15. The van der Waals surface area contributed by atoms with Crippen LogP contribution in [0.3, 0.4) is 0 Å². The molecule has 2 N–H and O–H groups in total. The van der Waals surface area contributed by atoms with Crippen molar-refractivity contribution in [2.45, 2.75) is 13.1 Å². The smallest absolute Gasteiger partial charge is 0.394 e. The zero-order valence-electron chi connectivity index (χ0n) is 10.0. The summed E-state index contributed by atoms with van der Waals surface area (Å²) in [6.45, 7) is 1.63. The lowest BCUT2D eigenvalue weighted by Gasteiger charge is -2.13. The van der Waals surface area contributed by atoms with Crippen molar-refractivity contribution in [3.63, 3.8) is 0 Å². The van der Waals surface area contributed by atoms with Crippen LogP contribution in [-0.2, 0) is 6.18 Å². The van der Waals surface area contributed by atoms with Gasteiger partial charge in [0.15, 0.2) is 0 Å². The van der Waals surface area contributed by atoms with Gasteiger partial charge in [-0.25, -0.2) is 0 Å². The number of nitrogens with zero attached hydrogens (tertiary/aromatic N) is 1. The first-order chi connectivity index (χ1) is 8.79. The minimum atomic E-state index is -4.41. The highest BCUT2D eigenvalue weighted by Gasteiger charge is 2.30. The van der Waals surface area contributed by atoms with Crippen molar-refractivity contribution in [3.8, 4) is 5.69 Å². The number of halogens is 3. The Bertz CT molecular complexity index is 674. The van der Waals surface area contributed by atoms with Gasteiger partial charge < -0.3 is 10.3 Å². The van der Waals surface area contributed by atoms with Crippen molar-refractivity contribution in [2.24, 2.45) is 0 Å². The van der Waals surface area contributed by atoms with Gasteiger partial charge in [0, 0.05) is 23.6 Å². The summed E-state index contributed by atoms with van der Waals surface area (Å²) in [5.74, 6) is 0. The van der Waals surface area contributed by atoms with E-state index in [9.17, 15) is 18.0 Å². The molecule has 0 aliphatic rings. The standard InChI is InChI=1S/C13H11F3N2O/c1-8-5-12(19)11(17)7-18(8)10-4-2-3-9(6-10)13(14,15)16/h2-7H,17H2,1H3. The van der Waals surface area contributed by atoms with Gasteiger partial charge >= 0.3 is 6.18 Å². The van der Waals surface area contributed by atoms with E-state index >= 15 is 0 Å². The normalized spacial score (nSPS) is 11.6. The van der Waals surface area contributed by atoms with Crippen LogP contribution in [0.1, 0.15) is 11.3 Å². The Morgan fingerprint density at radius 2 is 1.89 bits per heavy atom. The Hall–Kier alpha value is -2.24. The third-order valence-electron chi connectivity index (χ3n) is 2.72. The molecule has 0 aliphatic heterocycles. The minimum Gasteiger partial charge on any atom is -0.394 e. The molecule has 6 heteroatoms. The number of alkyl halides is 3. The second kappa shape index (κ2) is 4.46. The van der Waals surface area contributed by atoms with Gasteiger partial charge in [0.1, 0.15) is 0 Å². The van der Waals surface area contributed by atoms with Gasteiger partial charge in [-0.2, -0.15) is 13.2 Å². The summed E-state index contributed by atoms with van der Waals surface area (Å²) in [5, 5.41) is 0. The third kappa shape index (κ3) is 2.62. The average molecular weight is 268 g/mol. The van der Waals surface area contributed by atoms with E-state index in [2.05, 4.69) is 0 Å². The minimum absolute atomic E-state index is 0.0111. The number of benzene rings is 1. The molecular formula is C13H11F3N2O. The lowest BCUT2D eigenvalue weighted by atomic mass is 10.2. The van der Waals surface area contributed by atoms with Gasteiger partial charge in [-0.3, -0.25) is 4.79 Å². The molecule has 2 rings (SSSR count). The van der Waals surface area contributed by atoms with Crippen LogP contribution < -0.4 is 11.2 Å². The maximum Gasteiger partial charge on any atom is 0.416 e. The van der Waals surface area contributed by atoms with Gasteiger partial charge in [-0.05, 0) is 25.1 Å². The monoisotopic (exact) mass is 268 g/mol. The zero-order chi connectivity index (χ0) is 14.2. The lowest BCUT2D eigenvalue weighted by Crippen LogP contribution is -2.13. The molecule has 100 valence electrons. The Kier molecular flexibility index (Phi) is 3.09. The van der Waals surface area contributed by atoms with Crippen molar-refractivity contribution in [3.05, 3.63) is 58.0 Å². The van der Waals surface area contributed by atoms with Gasteiger partial charge in [-0.1, -0.05) is 6.07 Å². The molecule has 0 unspecified atom stereocenters. The van der Waals surface area contributed by atoms with Crippen LogP contribution >= 0.6 is 0 Å². The molecule has 0 atom stereocenters. The zero-order valence-corrected chi connectivity index (χ0v) is 10.0. The van der Waals surface area contributed by atoms with Crippen LogP contribution in [-0.4, -0.2) is 4.57 Å². The lowest BCUT2D eigenvalue weighted by molar-refractivity contribution is -0.137. The number of hydrogen-bond acceptors (Lipinski definition) is 2. The summed E-state index contributed by atoms with van der Waals surface area (Å²) in [5.41, 5.74) is 5.21. The van der Waals surface area contributed by atoms with Crippen molar-refractivity contribution in [1.82, 2.24) is 4.57 Å². The van der Waals surface area contributed by atoms with E-state index < -0.39 is 11.7 Å². The first-order valence-corrected chi connectivity index (χ1v) is 5.45. The molecule has 1 aromatic heterocycles. The maximum atomic E-state index is 12.6. The SMILES string of the molecule is Cc1cc(=O)c(N)cn1-c1cccc(C(F)(F)F)c1. The van der Waals surface area contributed by atoms with E-state index in [0.717, 1.165) is 12.1 Å². The van der Waals surface area contributed by atoms with Crippen molar-refractivity contribution in [2.75, 3.05) is 5.73 Å². The third-order valence-corrected chi connectivity index (χ3v) is 2.72. The molecule has 0 saturated carbocycles. The molecule has 0 bridgehead atoms. The predicted octanol–water partition coefficient (Wildman–Crippen LogP) is 2.75. The van der Waals surface area contributed by atoms with E-state index in [0.29, 0.717) is 11.4 Å². The van der Waals surface area contributed by atoms with E-state index in [1.54, 1.807) is 6.92 Å². The summed E-state index contributed by atoms with van der Waals surface area (Å²) in [4.78, 5) is 11.3. The second-order valence-electron chi connectivity index (χ2n) is 4.15. The number of anilines is 1. The van der Waals surface area contributed by atoms with Gasteiger partial charge in [0.05, 0.1) is 11.3 Å².